The summed E-state index contributed by atoms with van der Waals surface area (Å²) in [5, 5.41) is 3.62. The topological polar surface area (TPSA) is 44.5 Å². The number of halogens is 1. The maximum atomic E-state index is 13.7. The number of anilines is 1. The second-order valence-corrected chi connectivity index (χ2v) is 14.7. The lowest BCUT2D eigenvalue weighted by Crippen LogP contribution is -2.45. The van der Waals surface area contributed by atoms with E-state index in [-0.39, 0.29) is 17.4 Å². The SMILES string of the molecule is CCN(CC)C(CC1CCC(C(C)(NC)c2ccc(F)cc2)CC1)c1nc(Cc2ccccc2)c(N2CCC(Cc3ccccc3)CC2)o1. The second-order valence-electron chi connectivity index (χ2n) is 14.7. The van der Waals surface area contributed by atoms with Gasteiger partial charge in [-0.05, 0) is 112 Å². The lowest BCUT2D eigenvalue weighted by atomic mass is 9.69. The van der Waals surface area contributed by atoms with Crippen LogP contribution < -0.4 is 10.2 Å². The van der Waals surface area contributed by atoms with Gasteiger partial charge in [0, 0.05) is 25.0 Å². The third-order valence-electron chi connectivity index (χ3n) is 11.9. The van der Waals surface area contributed by atoms with E-state index in [0.29, 0.717) is 17.8 Å². The van der Waals surface area contributed by atoms with Gasteiger partial charge in [0.1, 0.15) is 11.5 Å². The molecule has 1 saturated heterocycles. The van der Waals surface area contributed by atoms with Gasteiger partial charge < -0.3 is 14.6 Å². The maximum absolute atomic E-state index is 13.7. The fourth-order valence-corrected chi connectivity index (χ4v) is 8.69. The molecule has 1 aromatic heterocycles. The Balaban J connectivity index is 1.19. The summed E-state index contributed by atoms with van der Waals surface area (Å²) in [4.78, 5) is 10.4. The van der Waals surface area contributed by atoms with Crippen LogP contribution in [0.1, 0.15) is 100 Å². The van der Waals surface area contributed by atoms with E-state index >= 15 is 0 Å². The van der Waals surface area contributed by atoms with Crippen molar-refractivity contribution in [3.63, 3.8) is 0 Å². The molecule has 6 rings (SSSR count). The highest BCUT2D eigenvalue weighted by Crippen LogP contribution is 2.44. The molecule has 49 heavy (non-hydrogen) atoms. The van der Waals surface area contributed by atoms with Crippen molar-refractivity contribution in [2.75, 3.05) is 38.1 Å². The first-order valence-electron chi connectivity index (χ1n) is 18.9. The average Bonchev–Trinajstić information content (AvgIpc) is 3.56. The number of nitrogens with zero attached hydrogens (tertiary/aromatic N) is 3. The highest BCUT2D eigenvalue weighted by Gasteiger charge is 2.39. The van der Waals surface area contributed by atoms with Crippen LogP contribution >= 0.6 is 0 Å². The first-order chi connectivity index (χ1) is 23.9. The van der Waals surface area contributed by atoms with Crippen LogP contribution in [0.5, 0.6) is 0 Å². The standard InChI is InChI=1S/C43H57FN4O/c1-5-47(6-2)40(31-34-17-19-36(20-18-34)43(3,45-4)37-21-23-38(44)24-22-37)41-46-39(30-33-15-11-8-12-16-33)42(49-41)48-27-25-35(26-28-48)29-32-13-9-7-10-14-32/h7-16,21-24,34-36,40,45H,5-6,17-20,25-31H2,1-4H3. The fourth-order valence-electron chi connectivity index (χ4n) is 8.69. The Morgan fingerprint density at radius 3 is 2.04 bits per heavy atom. The predicted octanol–water partition coefficient (Wildman–Crippen LogP) is 9.58. The minimum Gasteiger partial charge on any atom is -0.423 e. The first kappa shape index (κ1) is 35.3. The van der Waals surface area contributed by atoms with Crippen molar-refractivity contribution >= 4 is 5.88 Å². The number of hydrogen-bond donors (Lipinski definition) is 1. The molecule has 2 heterocycles. The third-order valence-corrected chi connectivity index (χ3v) is 11.9. The van der Waals surface area contributed by atoms with Crippen molar-refractivity contribution in [1.29, 1.82) is 0 Å². The lowest BCUT2D eigenvalue weighted by Gasteiger charge is -2.43. The predicted molar refractivity (Wildman–Crippen MR) is 199 cm³/mol. The molecule has 4 aromatic rings. The Morgan fingerprint density at radius 1 is 0.837 bits per heavy atom. The summed E-state index contributed by atoms with van der Waals surface area (Å²) in [7, 11) is 2.05. The van der Waals surface area contributed by atoms with E-state index in [1.165, 1.54) is 42.4 Å². The lowest BCUT2D eigenvalue weighted by molar-refractivity contribution is 0.113. The Hall–Kier alpha value is -3.48. The molecule has 2 aliphatic rings. The van der Waals surface area contributed by atoms with Crippen molar-refractivity contribution in [2.45, 2.75) is 90.1 Å². The van der Waals surface area contributed by atoms with Gasteiger partial charge >= 0.3 is 0 Å². The molecule has 1 N–H and O–H groups in total. The van der Waals surface area contributed by atoms with Crippen molar-refractivity contribution in [3.05, 3.63) is 119 Å². The van der Waals surface area contributed by atoms with Crippen molar-refractivity contribution in [2.24, 2.45) is 17.8 Å². The molecule has 0 amide bonds. The van der Waals surface area contributed by atoms with Gasteiger partial charge in [-0.1, -0.05) is 99.5 Å². The van der Waals surface area contributed by atoms with Gasteiger partial charge in [-0.15, -0.1) is 0 Å². The summed E-state index contributed by atoms with van der Waals surface area (Å²) >= 11 is 0. The summed E-state index contributed by atoms with van der Waals surface area (Å²) in [6, 6.07) is 28.9. The zero-order valence-electron chi connectivity index (χ0n) is 30.2. The fraction of sp³-hybridized carbons (Fsp3) is 0.512. The van der Waals surface area contributed by atoms with Crippen LogP contribution in [0.3, 0.4) is 0 Å². The minimum absolute atomic E-state index is 0.156. The summed E-state index contributed by atoms with van der Waals surface area (Å²) in [6.45, 7) is 10.8. The molecule has 5 nitrogen and oxygen atoms in total. The van der Waals surface area contributed by atoms with Gasteiger partial charge in [-0.25, -0.2) is 9.37 Å². The summed E-state index contributed by atoms with van der Waals surface area (Å²) in [5.74, 6) is 3.51. The summed E-state index contributed by atoms with van der Waals surface area (Å²) in [5.41, 5.74) is 4.79. The van der Waals surface area contributed by atoms with Crippen LogP contribution in [0.15, 0.2) is 89.3 Å². The van der Waals surface area contributed by atoms with Crippen LogP contribution in [-0.2, 0) is 18.4 Å². The average molecular weight is 665 g/mol. The number of nitrogens with one attached hydrogen (secondary N) is 1. The van der Waals surface area contributed by atoms with E-state index in [4.69, 9.17) is 9.40 Å². The second kappa shape index (κ2) is 16.5. The quantitative estimate of drug-likeness (QED) is 0.145. The number of hydrogen-bond acceptors (Lipinski definition) is 5. The van der Waals surface area contributed by atoms with E-state index in [0.717, 1.165) is 75.8 Å². The van der Waals surface area contributed by atoms with Gasteiger partial charge in [0.2, 0.25) is 11.8 Å². The molecular formula is C43H57FN4O. The smallest absolute Gasteiger partial charge is 0.219 e. The molecule has 0 spiro atoms. The van der Waals surface area contributed by atoms with E-state index in [9.17, 15) is 4.39 Å². The molecule has 1 saturated carbocycles. The zero-order chi connectivity index (χ0) is 34.2. The van der Waals surface area contributed by atoms with Crippen molar-refractivity contribution in [3.8, 4) is 0 Å². The molecule has 262 valence electrons. The Labute approximate surface area is 294 Å². The molecule has 2 fully saturated rings. The van der Waals surface area contributed by atoms with E-state index in [2.05, 4.69) is 96.6 Å². The molecule has 3 aromatic carbocycles. The van der Waals surface area contributed by atoms with Crippen LogP contribution in [0.2, 0.25) is 0 Å². The van der Waals surface area contributed by atoms with Gasteiger partial charge in [-0.3, -0.25) is 4.90 Å². The molecule has 1 aliphatic heterocycles. The normalized spacial score (nSPS) is 20.7. The Morgan fingerprint density at radius 2 is 1.45 bits per heavy atom. The molecule has 6 heteroatoms. The molecular weight excluding hydrogens is 607 g/mol. The Bertz CT molecular complexity index is 1550. The Kier molecular flexibility index (Phi) is 11.9. The van der Waals surface area contributed by atoms with E-state index < -0.39 is 0 Å². The molecule has 2 unspecified atom stereocenters. The monoisotopic (exact) mass is 664 g/mol. The number of aromatic nitrogens is 1. The first-order valence-corrected chi connectivity index (χ1v) is 18.9. The molecule has 1 aliphatic carbocycles. The summed E-state index contributed by atoms with van der Waals surface area (Å²) in [6.07, 6.45) is 9.99. The number of oxazole rings is 1. The number of benzene rings is 3. The molecule has 0 radical (unpaired) electrons. The molecule has 0 bridgehead atoms. The largest absolute Gasteiger partial charge is 0.423 e. The van der Waals surface area contributed by atoms with Gasteiger partial charge in [0.15, 0.2) is 0 Å². The highest BCUT2D eigenvalue weighted by molar-refractivity contribution is 5.44. The highest BCUT2D eigenvalue weighted by atomic mass is 19.1. The number of rotatable bonds is 14. The van der Waals surface area contributed by atoms with E-state index in [1.807, 2.05) is 19.2 Å². The van der Waals surface area contributed by atoms with Crippen LogP contribution in [0.25, 0.3) is 0 Å². The van der Waals surface area contributed by atoms with Crippen LogP contribution in [0, 0.1) is 23.6 Å². The maximum Gasteiger partial charge on any atom is 0.219 e. The van der Waals surface area contributed by atoms with Gasteiger partial charge in [0.05, 0.1) is 6.04 Å². The third kappa shape index (κ3) is 8.46. The van der Waals surface area contributed by atoms with Crippen LogP contribution in [0.4, 0.5) is 10.3 Å². The van der Waals surface area contributed by atoms with E-state index in [1.54, 1.807) is 12.1 Å². The van der Waals surface area contributed by atoms with Crippen molar-refractivity contribution in [1.82, 2.24) is 15.2 Å². The minimum atomic E-state index is -0.178. The molecule has 2 atom stereocenters. The van der Waals surface area contributed by atoms with Crippen molar-refractivity contribution < 1.29 is 8.81 Å². The van der Waals surface area contributed by atoms with Gasteiger partial charge in [-0.2, -0.15) is 0 Å². The summed E-state index contributed by atoms with van der Waals surface area (Å²) < 4.78 is 20.7. The van der Waals surface area contributed by atoms with Gasteiger partial charge in [0.25, 0.3) is 0 Å². The zero-order valence-corrected chi connectivity index (χ0v) is 30.2. The number of piperidine rings is 1. The van der Waals surface area contributed by atoms with Crippen LogP contribution in [-0.4, -0.2) is 43.1 Å².